The molecular formula is C11H14FNO. The summed E-state index contributed by atoms with van der Waals surface area (Å²) < 4.78 is 19.2. The van der Waals surface area contributed by atoms with Crippen LogP contribution in [0.3, 0.4) is 0 Å². The number of aromatic nitrogens is 1. The highest BCUT2D eigenvalue weighted by molar-refractivity contribution is 5.27. The van der Waals surface area contributed by atoms with E-state index in [9.17, 15) is 4.39 Å². The Morgan fingerprint density at radius 1 is 1.50 bits per heavy atom. The van der Waals surface area contributed by atoms with Gasteiger partial charge in [0.25, 0.3) is 0 Å². The predicted molar refractivity (Wildman–Crippen MR) is 51.9 cm³/mol. The lowest BCUT2D eigenvalue weighted by molar-refractivity contribution is 0.285. The predicted octanol–water partition coefficient (Wildman–Crippen LogP) is 2.89. The van der Waals surface area contributed by atoms with Crippen molar-refractivity contribution in [2.75, 3.05) is 0 Å². The maximum absolute atomic E-state index is 13.7. The van der Waals surface area contributed by atoms with Gasteiger partial charge in [0.2, 0.25) is 0 Å². The van der Waals surface area contributed by atoms with Gasteiger partial charge in [-0.25, -0.2) is 4.39 Å². The van der Waals surface area contributed by atoms with Gasteiger partial charge in [-0.3, -0.25) is 4.98 Å². The molecule has 0 aliphatic heterocycles. The Bertz CT molecular complexity index is 334. The molecule has 0 aromatic carbocycles. The van der Waals surface area contributed by atoms with Crippen molar-refractivity contribution in [1.82, 2.24) is 4.98 Å². The average molecular weight is 195 g/mol. The minimum absolute atomic E-state index is 0.0951. The molecule has 0 N–H and O–H groups in total. The summed E-state index contributed by atoms with van der Waals surface area (Å²) in [6, 6.07) is 1.60. The molecule has 1 aromatic rings. The molecule has 0 atom stereocenters. The van der Waals surface area contributed by atoms with Gasteiger partial charge in [0.05, 0.1) is 11.8 Å². The van der Waals surface area contributed by atoms with Gasteiger partial charge in [0, 0.05) is 12.3 Å². The first kappa shape index (κ1) is 9.44. The Balaban J connectivity index is 2.25. The molecule has 1 fully saturated rings. The monoisotopic (exact) mass is 195 g/mol. The van der Waals surface area contributed by atoms with Gasteiger partial charge < -0.3 is 4.74 Å². The van der Waals surface area contributed by atoms with Crippen molar-refractivity contribution in [2.24, 2.45) is 0 Å². The van der Waals surface area contributed by atoms with Crippen LogP contribution in [-0.2, 0) is 0 Å². The highest BCUT2D eigenvalue weighted by Gasteiger charge is 2.25. The van der Waals surface area contributed by atoms with Gasteiger partial charge in [0.1, 0.15) is 0 Å². The SMILES string of the molecule is CC(C)c1nccc(OC2CC2)c1F. The van der Waals surface area contributed by atoms with E-state index in [-0.39, 0.29) is 17.8 Å². The molecule has 76 valence electrons. The number of nitrogens with zero attached hydrogens (tertiary/aromatic N) is 1. The second kappa shape index (κ2) is 3.56. The van der Waals surface area contributed by atoms with Crippen LogP contribution in [0.2, 0.25) is 0 Å². The van der Waals surface area contributed by atoms with Crippen LogP contribution >= 0.6 is 0 Å². The van der Waals surface area contributed by atoms with Crippen molar-refractivity contribution in [3.63, 3.8) is 0 Å². The Morgan fingerprint density at radius 2 is 2.21 bits per heavy atom. The van der Waals surface area contributed by atoms with Crippen molar-refractivity contribution in [3.8, 4) is 5.75 Å². The molecule has 0 bridgehead atoms. The fourth-order valence-electron chi connectivity index (χ4n) is 1.30. The van der Waals surface area contributed by atoms with Gasteiger partial charge in [-0.1, -0.05) is 13.8 Å². The first-order chi connectivity index (χ1) is 6.68. The third-order valence-corrected chi connectivity index (χ3v) is 2.25. The third kappa shape index (κ3) is 1.86. The van der Waals surface area contributed by atoms with Crippen molar-refractivity contribution in [1.29, 1.82) is 0 Å². The average Bonchev–Trinajstić information content (AvgIpc) is 2.92. The van der Waals surface area contributed by atoms with Crippen molar-refractivity contribution >= 4 is 0 Å². The van der Waals surface area contributed by atoms with Crippen LogP contribution in [0.4, 0.5) is 4.39 Å². The van der Waals surface area contributed by atoms with Gasteiger partial charge in [-0.15, -0.1) is 0 Å². The quantitative estimate of drug-likeness (QED) is 0.739. The molecule has 2 nitrogen and oxygen atoms in total. The lowest BCUT2D eigenvalue weighted by Gasteiger charge is -2.10. The molecule has 0 spiro atoms. The molecule has 1 aromatic heterocycles. The van der Waals surface area contributed by atoms with Gasteiger partial charge in [0.15, 0.2) is 11.6 Å². The molecule has 0 saturated heterocycles. The Morgan fingerprint density at radius 3 is 2.79 bits per heavy atom. The molecular weight excluding hydrogens is 181 g/mol. The summed E-state index contributed by atoms with van der Waals surface area (Å²) in [5, 5.41) is 0. The minimum atomic E-state index is -0.297. The summed E-state index contributed by atoms with van der Waals surface area (Å²) in [7, 11) is 0. The zero-order valence-corrected chi connectivity index (χ0v) is 8.46. The van der Waals surface area contributed by atoms with Crippen LogP contribution in [0.15, 0.2) is 12.3 Å². The van der Waals surface area contributed by atoms with Gasteiger partial charge >= 0.3 is 0 Å². The normalized spacial score (nSPS) is 16.0. The summed E-state index contributed by atoms with van der Waals surface area (Å²) in [6.45, 7) is 3.85. The highest BCUT2D eigenvalue weighted by Crippen LogP contribution is 2.30. The lowest BCUT2D eigenvalue weighted by atomic mass is 10.1. The minimum Gasteiger partial charge on any atom is -0.487 e. The number of halogens is 1. The zero-order valence-electron chi connectivity index (χ0n) is 8.46. The number of hydrogen-bond donors (Lipinski definition) is 0. The van der Waals surface area contributed by atoms with E-state index >= 15 is 0 Å². The van der Waals surface area contributed by atoms with Crippen LogP contribution < -0.4 is 4.74 Å². The summed E-state index contributed by atoms with van der Waals surface area (Å²) in [5.41, 5.74) is 0.489. The van der Waals surface area contributed by atoms with Crippen LogP contribution in [0.25, 0.3) is 0 Å². The Hall–Kier alpha value is -1.12. The first-order valence-corrected chi connectivity index (χ1v) is 4.99. The highest BCUT2D eigenvalue weighted by atomic mass is 19.1. The van der Waals surface area contributed by atoms with Crippen LogP contribution in [0, 0.1) is 5.82 Å². The summed E-state index contributed by atoms with van der Waals surface area (Å²) in [6.07, 6.45) is 3.92. The van der Waals surface area contributed by atoms with Crippen LogP contribution in [-0.4, -0.2) is 11.1 Å². The second-order valence-corrected chi connectivity index (χ2v) is 3.98. The van der Waals surface area contributed by atoms with E-state index in [0.29, 0.717) is 11.4 Å². The summed E-state index contributed by atoms with van der Waals surface area (Å²) >= 11 is 0. The zero-order chi connectivity index (χ0) is 10.1. The molecule has 1 heterocycles. The van der Waals surface area contributed by atoms with E-state index in [2.05, 4.69) is 4.98 Å². The van der Waals surface area contributed by atoms with Gasteiger partial charge in [-0.05, 0) is 18.8 Å². The van der Waals surface area contributed by atoms with E-state index in [4.69, 9.17) is 4.74 Å². The largest absolute Gasteiger partial charge is 0.487 e. The summed E-state index contributed by atoms with van der Waals surface area (Å²) in [5.74, 6) is 0.151. The van der Waals surface area contributed by atoms with Crippen molar-refractivity contribution in [2.45, 2.75) is 38.7 Å². The van der Waals surface area contributed by atoms with E-state index in [0.717, 1.165) is 12.8 Å². The topological polar surface area (TPSA) is 22.1 Å². The molecule has 14 heavy (non-hydrogen) atoms. The number of hydrogen-bond acceptors (Lipinski definition) is 2. The molecule has 0 radical (unpaired) electrons. The number of pyridine rings is 1. The lowest BCUT2D eigenvalue weighted by Crippen LogP contribution is -2.03. The number of ether oxygens (including phenoxy) is 1. The van der Waals surface area contributed by atoms with E-state index in [1.54, 1.807) is 12.3 Å². The molecule has 2 rings (SSSR count). The molecule has 1 aliphatic rings. The molecule has 0 amide bonds. The van der Waals surface area contributed by atoms with Crippen molar-refractivity contribution in [3.05, 3.63) is 23.8 Å². The fourth-order valence-corrected chi connectivity index (χ4v) is 1.30. The second-order valence-electron chi connectivity index (χ2n) is 3.98. The summed E-state index contributed by atoms with van der Waals surface area (Å²) in [4.78, 5) is 4.01. The molecule has 3 heteroatoms. The fraction of sp³-hybridized carbons (Fsp3) is 0.545. The van der Waals surface area contributed by atoms with E-state index in [1.807, 2.05) is 13.8 Å². The van der Waals surface area contributed by atoms with Gasteiger partial charge in [-0.2, -0.15) is 0 Å². The number of rotatable bonds is 3. The Kier molecular flexibility index (Phi) is 2.40. The van der Waals surface area contributed by atoms with Crippen LogP contribution in [0.5, 0.6) is 5.75 Å². The smallest absolute Gasteiger partial charge is 0.186 e. The third-order valence-electron chi connectivity index (χ3n) is 2.25. The van der Waals surface area contributed by atoms with E-state index < -0.39 is 0 Å². The maximum Gasteiger partial charge on any atom is 0.186 e. The van der Waals surface area contributed by atoms with E-state index in [1.165, 1.54) is 0 Å². The first-order valence-electron chi connectivity index (χ1n) is 4.99. The molecule has 0 unspecified atom stereocenters. The van der Waals surface area contributed by atoms with Crippen molar-refractivity contribution < 1.29 is 9.13 Å². The Labute approximate surface area is 83.1 Å². The molecule has 1 saturated carbocycles. The standard InChI is InChI=1S/C11H14FNO/c1-7(2)11-10(12)9(5-6-13-11)14-8-3-4-8/h5-8H,3-4H2,1-2H3. The van der Waals surface area contributed by atoms with Crippen LogP contribution in [0.1, 0.15) is 38.3 Å². The maximum atomic E-state index is 13.7. The molecule has 1 aliphatic carbocycles.